The molecule has 134 valence electrons. The summed E-state index contributed by atoms with van der Waals surface area (Å²) in [5, 5.41) is 8.97. The molecule has 1 aliphatic heterocycles. The van der Waals surface area contributed by atoms with Crippen molar-refractivity contribution >= 4 is 11.9 Å². The first-order valence-electron chi connectivity index (χ1n) is 7.69. The van der Waals surface area contributed by atoms with Gasteiger partial charge in [0.2, 0.25) is 5.91 Å². The molecule has 1 aromatic heterocycles. The monoisotopic (exact) mass is 347 g/mol. The zero-order valence-electron chi connectivity index (χ0n) is 13.5. The van der Waals surface area contributed by atoms with Crippen molar-refractivity contribution < 1.29 is 27.9 Å². The number of rotatable bonds is 5. The van der Waals surface area contributed by atoms with E-state index in [-0.39, 0.29) is 12.3 Å². The molecule has 0 aromatic carbocycles. The summed E-state index contributed by atoms with van der Waals surface area (Å²) in [7, 11) is 0. The standard InChI is InChI=1S/C15H20F3N3O3/c1-9(2)13-19-4-6-20(13)5-3-12(22)21-7-10(14(23)24)11(8-21)15(16,17)18/h4,6,9-11H,3,5,7-8H2,1-2H3,(H,23,24)/t10-,11-/m1/s1. The molecule has 9 heteroatoms. The zero-order valence-corrected chi connectivity index (χ0v) is 13.5. The quantitative estimate of drug-likeness (QED) is 0.885. The largest absolute Gasteiger partial charge is 0.481 e. The van der Waals surface area contributed by atoms with Crippen molar-refractivity contribution in [2.75, 3.05) is 13.1 Å². The Morgan fingerprint density at radius 1 is 1.38 bits per heavy atom. The van der Waals surface area contributed by atoms with Crippen molar-refractivity contribution in [3.63, 3.8) is 0 Å². The molecule has 0 spiro atoms. The van der Waals surface area contributed by atoms with E-state index >= 15 is 0 Å². The molecule has 0 unspecified atom stereocenters. The third kappa shape index (κ3) is 3.88. The summed E-state index contributed by atoms with van der Waals surface area (Å²) in [6.45, 7) is 3.20. The second kappa shape index (κ2) is 6.82. The number of hydrogen-bond acceptors (Lipinski definition) is 3. The van der Waals surface area contributed by atoms with Gasteiger partial charge in [0, 0.05) is 44.4 Å². The maximum absolute atomic E-state index is 12.9. The Morgan fingerprint density at radius 3 is 2.54 bits per heavy atom. The lowest BCUT2D eigenvalue weighted by molar-refractivity contribution is -0.188. The van der Waals surface area contributed by atoms with Gasteiger partial charge in [-0.15, -0.1) is 0 Å². The molecule has 0 bridgehead atoms. The van der Waals surface area contributed by atoms with Gasteiger partial charge in [-0.05, 0) is 0 Å². The minimum absolute atomic E-state index is 0.00694. The topological polar surface area (TPSA) is 75.4 Å². The molecule has 0 saturated carbocycles. The molecule has 6 nitrogen and oxygen atoms in total. The number of carbonyl (C=O) groups excluding carboxylic acids is 1. The van der Waals surface area contributed by atoms with E-state index in [0.717, 1.165) is 10.7 Å². The molecule has 1 aromatic rings. The lowest BCUT2D eigenvalue weighted by atomic mass is 9.96. The van der Waals surface area contributed by atoms with Crippen LogP contribution >= 0.6 is 0 Å². The number of carbonyl (C=O) groups is 2. The lowest BCUT2D eigenvalue weighted by Crippen LogP contribution is -2.34. The molecule has 1 amide bonds. The number of halogens is 3. The lowest BCUT2D eigenvalue weighted by Gasteiger charge is -2.18. The van der Waals surface area contributed by atoms with E-state index in [1.165, 1.54) is 0 Å². The molecule has 1 aliphatic rings. The van der Waals surface area contributed by atoms with E-state index in [4.69, 9.17) is 5.11 Å². The summed E-state index contributed by atoms with van der Waals surface area (Å²) >= 11 is 0. The van der Waals surface area contributed by atoms with Gasteiger partial charge < -0.3 is 14.6 Å². The molecule has 2 heterocycles. The fourth-order valence-electron chi connectivity index (χ4n) is 2.97. The van der Waals surface area contributed by atoms with Gasteiger partial charge in [0.25, 0.3) is 0 Å². The van der Waals surface area contributed by atoms with E-state index in [0.29, 0.717) is 6.54 Å². The van der Waals surface area contributed by atoms with Gasteiger partial charge in [-0.25, -0.2) is 4.98 Å². The van der Waals surface area contributed by atoms with E-state index in [9.17, 15) is 22.8 Å². The average molecular weight is 347 g/mol. The Labute approximate surface area is 137 Å². The van der Waals surface area contributed by atoms with Gasteiger partial charge in [0.1, 0.15) is 5.82 Å². The Balaban J connectivity index is 2.00. The number of aryl methyl sites for hydroxylation is 1. The summed E-state index contributed by atoms with van der Waals surface area (Å²) in [6.07, 6.45) is -1.30. The number of alkyl halides is 3. The minimum atomic E-state index is -4.63. The van der Waals surface area contributed by atoms with E-state index in [2.05, 4.69) is 4.98 Å². The number of aliphatic carboxylic acids is 1. The normalized spacial score (nSPS) is 21.5. The van der Waals surface area contributed by atoms with Crippen LogP contribution in [0.2, 0.25) is 0 Å². The average Bonchev–Trinajstić information content (AvgIpc) is 3.10. The number of hydrogen-bond donors (Lipinski definition) is 1. The first-order valence-corrected chi connectivity index (χ1v) is 7.69. The molecule has 1 fully saturated rings. The molecule has 0 radical (unpaired) electrons. The molecule has 1 N–H and O–H groups in total. The van der Waals surface area contributed by atoms with Crippen LogP contribution < -0.4 is 0 Å². The molecule has 0 aliphatic carbocycles. The molecule has 24 heavy (non-hydrogen) atoms. The molecule has 2 rings (SSSR count). The van der Waals surface area contributed by atoms with E-state index < -0.39 is 43.0 Å². The maximum Gasteiger partial charge on any atom is 0.394 e. The highest BCUT2D eigenvalue weighted by molar-refractivity contribution is 5.79. The van der Waals surface area contributed by atoms with Crippen molar-refractivity contribution in [1.29, 1.82) is 0 Å². The van der Waals surface area contributed by atoms with Crippen LogP contribution in [0.4, 0.5) is 13.2 Å². The summed E-state index contributed by atoms with van der Waals surface area (Å²) in [5.74, 6) is -4.67. The molecular formula is C15H20F3N3O3. The predicted molar refractivity (Wildman–Crippen MR) is 78.2 cm³/mol. The fraction of sp³-hybridized carbons (Fsp3) is 0.667. The first-order chi connectivity index (χ1) is 11.1. The second-order valence-corrected chi connectivity index (χ2v) is 6.28. The van der Waals surface area contributed by atoms with Crippen LogP contribution in [0.5, 0.6) is 0 Å². The molecule has 1 saturated heterocycles. The number of likely N-dealkylation sites (tertiary alicyclic amines) is 1. The van der Waals surface area contributed by atoms with Gasteiger partial charge in [-0.2, -0.15) is 13.2 Å². The van der Waals surface area contributed by atoms with Gasteiger partial charge >= 0.3 is 12.1 Å². The van der Waals surface area contributed by atoms with Crippen LogP contribution in [-0.2, 0) is 16.1 Å². The van der Waals surface area contributed by atoms with Crippen LogP contribution in [0.3, 0.4) is 0 Å². The highest BCUT2D eigenvalue weighted by Gasteiger charge is 2.53. The number of aromatic nitrogens is 2. The summed E-state index contributed by atoms with van der Waals surface area (Å²) in [4.78, 5) is 28.4. The van der Waals surface area contributed by atoms with E-state index in [1.807, 2.05) is 13.8 Å². The number of amides is 1. The third-order valence-electron chi connectivity index (χ3n) is 4.24. The van der Waals surface area contributed by atoms with E-state index in [1.54, 1.807) is 17.0 Å². The number of nitrogens with zero attached hydrogens (tertiary/aromatic N) is 3. The third-order valence-corrected chi connectivity index (χ3v) is 4.24. The van der Waals surface area contributed by atoms with Crippen LogP contribution in [0.1, 0.15) is 32.0 Å². The van der Waals surface area contributed by atoms with Crippen molar-refractivity contribution in [2.24, 2.45) is 11.8 Å². The van der Waals surface area contributed by atoms with Gasteiger partial charge in [-0.3, -0.25) is 9.59 Å². The minimum Gasteiger partial charge on any atom is -0.481 e. The highest BCUT2D eigenvalue weighted by atomic mass is 19.4. The van der Waals surface area contributed by atoms with Gasteiger partial charge in [0.05, 0.1) is 11.8 Å². The highest BCUT2D eigenvalue weighted by Crippen LogP contribution is 2.37. The predicted octanol–water partition coefficient (Wildman–Crippen LogP) is 2.12. The molecular weight excluding hydrogens is 327 g/mol. The van der Waals surface area contributed by atoms with Crippen LogP contribution in [0.15, 0.2) is 12.4 Å². The Bertz CT molecular complexity index is 613. The maximum atomic E-state index is 12.9. The summed E-state index contributed by atoms with van der Waals surface area (Å²) in [5.41, 5.74) is 0. The zero-order chi connectivity index (χ0) is 18.1. The Morgan fingerprint density at radius 2 is 2.04 bits per heavy atom. The first kappa shape index (κ1) is 18.3. The summed E-state index contributed by atoms with van der Waals surface area (Å²) in [6, 6.07) is 0. The smallest absolute Gasteiger partial charge is 0.394 e. The van der Waals surface area contributed by atoms with Crippen molar-refractivity contribution in [3.8, 4) is 0 Å². The van der Waals surface area contributed by atoms with Gasteiger partial charge in [-0.1, -0.05) is 13.8 Å². The number of carboxylic acid groups (broad SMARTS) is 1. The van der Waals surface area contributed by atoms with Crippen molar-refractivity contribution in [1.82, 2.24) is 14.5 Å². The molecule has 2 atom stereocenters. The Kier molecular flexibility index (Phi) is 5.19. The van der Waals surface area contributed by atoms with Crippen molar-refractivity contribution in [2.45, 2.75) is 38.9 Å². The van der Waals surface area contributed by atoms with Gasteiger partial charge in [0.15, 0.2) is 0 Å². The number of carboxylic acids is 1. The number of imidazole rings is 1. The second-order valence-electron chi connectivity index (χ2n) is 6.28. The summed E-state index contributed by atoms with van der Waals surface area (Å²) < 4.78 is 40.6. The van der Waals surface area contributed by atoms with Crippen LogP contribution in [0, 0.1) is 11.8 Å². The fourth-order valence-corrected chi connectivity index (χ4v) is 2.97. The van der Waals surface area contributed by atoms with Crippen molar-refractivity contribution in [3.05, 3.63) is 18.2 Å². The van der Waals surface area contributed by atoms with Crippen LogP contribution in [-0.4, -0.2) is 50.7 Å². The SMILES string of the molecule is CC(C)c1nccn1CCC(=O)N1C[C@@H](C(F)(F)F)[C@H](C(=O)O)C1. The van der Waals surface area contributed by atoms with Crippen LogP contribution in [0.25, 0.3) is 0 Å². The Hall–Kier alpha value is -2.06.